The third-order valence-corrected chi connectivity index (χ3v) is 2.59. The first-order chi connectivity index (χ1) is 9.29. The number of carbonyl (C=O) groups is 2. The van der Waals surface area contributed by atoms with Crippen LogP contribution in [0.4, 0.5) is 0 Å². The maximum Gasteiger partial charge on any atom is 0.287 e. The van der Waals surface area contributed by atoms with Gasteiger partial charge >= 0.3 is 0 Å². The minimum absolute atomic E-state index is 0.0604. The zero-order chi connectivity index (χ0) is 15.3. The average Bonchev–Trinajstić information content (AvgIpc) is 2.37. The van der Waals surface area contributed by atoms with E-state index in [1.807, 2.05) is 20.8 Å². The van der Waals surface area contributed by atoms with Gasteiger partial charge in [-0.25, -0.2) is 9.59 Å². The lowest BCUT2D eigenvalue weighted by atomic mass is 9.85. The van der Waals surface area contributed by atoms with Crippen LogP contribution in [0.25, 0.3) is 0 Å². The molecule has 6 heteroatoms. The quantitative estimate of drug-likeness (QED) is 0.607. The Kier molecular flexibility index (Phi) is 4.59. The predicted octanol–water partition coefficient (Wildman–Crippen LogP) is 1.94. The molecule has 102 valence electrons. The number of aliphatic imine (C=N–C) groups is 2. The molecule has 0 aliphatic rings. The molecule has 0 saturated heterocycles. The summed E-state index contributed by atoms with van der Waals surface area (Å²) in [6.07, 6.45) is 2.31. The van der Waals surface area contributed by atoms with Gasteiger partial charge in [0.25, 0.3) is 11.8 Å². The molecular weight excluding hydrogens is 260 g/mol. The van der Waals surface area contributed by atoms with Gasteiger partial charge in [-0.15, -0.1) is 9.98 Å². The fraction of sp³-hybridized carbons (Fsp3) is 0.286. The molecule has 1 aromatic carbocycles. The van der Waals surface area contributed by atoms with Crippen molar-refractivity contribution >= 4 is 24.0 Å². The van der Waals surface area contributed by atoms with E-state index in [1.54, 1.807) is 0 Å². The first-order valence-electron chi connectivity index (χ1n) is 5.69. The summed E-state index contributed by atoms with van der Waals surface area (Å²) in [4.78, 5) is 49.5. The van der Waals surface area contributed by atoms with Crippen LogP contribution in [-0.4, -0.2) is 24.0 Å². The van der Waals surface area contributed by atoms with E-state index in [4.69, 9.17) is 0 Å². The molecule has 0 atom stereocenters. The van der Waals surface area contributed by atoms with Gasteiger partial charge in [0.15, 0.2) is 0 Å². The molecule has 20 heavy (non-hydrogen) atoms. The van der Waals surface area contributed by atoms with Crippen molar-refractivity contribution in [3.63, 3.8) is 0 Å². The van der Waals surface area contributed by atoms with E-state index in [1.165, 1.54) is 18.2 Å². The Labute approximate surface area is 115 Å². The normalized spacial score (nSPS) is 10.2. The summed E-state index contributed by atoms with van der Waals surface area (Å²) in [6.45, 7) is 5.66. The first-order valence-corrected chi connectivity index (χ1v) is 5.69. The van der Waals surface area contributed by atoms with Crippen LogP contribution in [0.15, 0.2) is 28.2 Å². The molecule has 6 nitrogen and oxygen atoms in total. The van der Waals surface area contributed by atoms with Crippen LogP contribution in [-0.2, 0) is 15.0 Å². The van der Waals surface area contributed by atoms with Crippen LogP contribution >= 0.6 is 0 Å². The van der Waals surface area contributed by atoms with Crippen LogP contribution in [0.1, 0.15) is 47.1 Å². The van der Waals surface area contributed by atoms with Crippen molar-refractivity contribution in [1.82, 2.24) is 0 Å². The molecule has 2 amide bonds. The van der Waals surface area contributed by atoms with Gasteiger partial charge in [-0.3, -0.25) is 9.59 Å². The van der Waals surface area contributed by atoms with Gasteiger partial charge in [0.2, 0.25) is 12.2 Å². The fourth-order valence-electron chi connectivity index (χ4n) is 1.52. The second-order valence-electron chi connectivity index (χ2n) is 5.07. The highest BCUT2D eigenvalue weighted by Gasteiger charge is 2.19. The Morgan fingerprint density at radius 2 is 1.30 bits per heavy atom. The standard InChI is InChI=1S/C14H12N2O4/c1-14(2,3)11-5-9(12(19)15-7-17)4-10(6-11)13(20)16-8-18/h4-6H,1-3H3. The van der Waals surface area contributed by atoms with E-state index in [0.29, 0.717) is 5.56 Å². The summed E-state index contributed by atoms with van der Waals surface area (Å²) in [6, 6.07) is 4.29. The molecule has 0 aromatic heterocycles. The van der Waals surface area contributed by atoms with Crippen molar-refractivity contribution in [3.8, 4) is 0 Å². The second-order valence-corrected chi connectivity index (χ2v) is 5.07. The summed E-state index contributed by atoms with van der Waals surface area (Å²) in [5.74, 6) is -1.62. The maximum absolute atomic E-state index is 11.6. The minimum atomic E-state index is -0.810. The van der Waals surface area contributed by atoms with E-state index in [0.717, 1.165) is 12.2 Å². The van der Waals surface area contributed by atoms with E-state index in [2.05, 4.69) is 9.98 Å². The van der Waals surface area contributed by atoms with E-state index in [-0.39, 0.29) is 16.5 Å². The number of amides is 2. The molecule has 0 bridgehead atoms. The van der Waals surface area contributed by atoms with Crippen molar-refractivity contribution < 1.29 is 19.2 Å². The lowest BCUT2D eigenvalue weighted by molar-refractivity contribution is 0.100. The first kappa shape index (κ1) is 15.4. The van der Waals surface area contributed by atoms with Crippen molar-refractivity contribution in [2.24, 2.45) is 9.98 Å². The lowest BCUT2D eigenvalue weighted by Crippen LogP contribution is -2.14. The van der Waals surface area contributed by atoms with Gasteiger partial charge in [0.1, 0.15) is 0 Å². The summed E-state index contributed by atoms with van der Waals surface area (Å²) in [7, 11) is 0. The van der Waals surface area contributed by atoms with Gasteiger partial charge < -0.3 is 0 Å². The summed E-state index contributed by atoms with van der Waals surface area (Å²) >= 11 is 0. The molecule has 1 rings (SSSR count). The van der Waals surface area contributed by atoms with Gasteiger partial charge in [0.05, 0.1) is 0 Å². The van der Waals surface area contributed by atoms with E-state index < -0.39 is 11.8 Å². The van der Waals surface area contributed by atoms with Crippen LogP contribution in [0.2, 0.25) is 0 Å². The number of benzene rings is 1. The zero-order valence-corrected chi connectivity index (χ0v) is 11.3. The summed E-state index contributed by atoms with van der Waals surface area (Å²) in [5.41, 5.74) is 0.450. The monoisotopic (exact) mass is 272 g/mol. The van der Waals surface area contributed by atoms with Crippen molar-refractivity contribution in [3.05, 3.63) is 34.9 Å². The highest BCUT2D eigenvalue weighted by Crippen LogP contribution is 2.25. The molecule has 0 N–H and O–H groups in total. The van der Waals surface area contributed by atoms with Gasteiger partial charge in [0, 0.05) is 11.1 Å². The zero-order valence-electron chi connectivity index (χ0n) is 11.3. The molecule has 0 aliphatic heterocycles. The van der Waals surface area contributed by atoms with Gasteiger partial charge in [-0.2, -0.15) is 0 Å². The third-order valence-electron chi connectivity index (χ3n) is 2.59. The van der Waals surface area contributed by atoms with E-state index in [9.17, 15) is 19.2 Å². The predicted molar refractivity (Wildman–Crippen MR) is 70.0 cm³/mol. The van der Waals surface area contributed by atoms with Crippen LogP contribution in [0, 0.1) is 0 Å². The van der Waals surface area contributed by atoms with Crippen LogP contribution in [0.3, 0.4) is 0 Å². The van der Waals surface area contributed by atoms with Crippen molar-refractivity contribution in [2.75, 3.05) is 0 Å². The highest BCUT2D eigenvalue weighted by molar-refractivity contribution is 6.02. The molecular formula is C14H12N2O4. The molecule has 0 aliphatic carbocycles. The Balaban J connectivity index is 3.50. The molecule has 0 fully saturated rings. The van der Waals surface area contributed by atoms with E-state index >= 15 is 0 Å². The van der Waals surface area contributed by atoms with Crippen LogP contribution < -0.4 is 0 Å². The second kappa shape index (κ2) is 5.97. The smallest absolute Gasteiger partial charge is 0.266 e. The Morgan fingerprint density at radius 1 is 0.900 bits per heavy atom. The topological polar surface area (TPSA) is 93.0 Å². The number of hydrogen-bond acceptors (Lipinski definition) is 4. The number of isocyanates is 2. The Bertz CT molecular complexity index is 610. The Morgan fingerprint density at radius 3 is 1.60 bits per heavy atom. The molecule has 0 unspecified atom stereocenters. The largest absolute Gasteiger partial charge is 0.287 e. The number of hydrogen-bond donors (Lipinski definition) is 0. The number of carbonyl (C=O) groups excluding carboxylic acids is 4. The Hall–Kier alpha value is -2.68. The number of nitrogens with zero attached hydrogens (tertiary/aromatic N) is 2. The van der Waals surface area contributed by atoms with Crippen molar-refractivity contribution in [1.29, 1.82) is 0 Å². The van der Waals surface area contributed by atoms with Crippen molar-refractivity contribution in [2.45, 2.75) is 26.2 Å². The molecule has 0 spiro atoms. The molecule has 0 radical (unpaired) electrons. The maximum atomic E-state index is 11.6. The summed E-state index contributed by atoms with van der Waals surface area (Å²) in [5, 5.41) is 0. The molecule has 0 heterocycles. The van der Waals surface area contributed by atoms with Gasteiger partial charge in [-0.1, -0.05) is 20.8 Å². The third kappa shape index (κ3) is 3.65. The fourth-order valence-corrected chi connectivity index (χ4v) is 1.52. The minimum Gasteiger partial charge on any atom is -0.266 e. The lowest BCUT2D eigenvalue weighted by Gasteiger charge is -2.20. The average molecular weight is 272 g/mol. The SMILES string of the molecule is CC(C)(C)c1cc(C(=O)N=C=O)cc(C(=O)N=C=O)c1. The highest BCUT2D eigenvalue weighted by atomic mass is 16.2. The van der Waals surface area contributed by atoms with Gasteiger partial charge in [-0.05, 0) is 29.2 Å². The number of rotatable bonds is 2. The molecule has 1 aromatic rings. The molecule has 0 saturated carbocycles. The summed E-state index contributed by atoms with van der Waals surface area (Å²) < 4.78 is 0. The van der Waals surface area contributed by atoms with Crippen LogP contribution in [0.5, 0.6) is 0 Å².